The third-order valence-corrected chi connectivity index (χ3v) is 7.18. The minimum Gasteiger partial charge on any atom is -0.454 e. The number of sulfone groups is 1. The topological polar surface area (TPSA) is 96.6 Å². The predicted molar refractivity (Wildman–Crippen MR) is 87.9 cm³/mol. The summed E-state index contributed by atoms with van der Waals surface area (Å²) in [7, 11) is -3.76. The highest BCUT2D eigenvalue weighted by atomic mass is 32.2. The Hall–Kier alpha value is -2.56. The summed E-state index contributed by atoms with van der Waals surface area (Å²) in [5.41, 5.74) is -0.716. The highest BCUT2D eigenvalue weighted by Gasteiger charge is 2.72. The first-order chi connectivity index (χ1) is 12.0. The van der Waals surface area contributed by atoms with Crippen molar-refractivity contribution in [3.05, 3.63) is 54.1 Å². The fourth-order valence-corrected chi connectivity index (χ4v) is 5.89. The van der Waals surface area contributed by atoms with E-state index in [-0.39, 0.29) is 11.7 Å². The van der Waals surface area contributed by atoms with Gasteiger partial charge in [-0.25, -0.2) is 8.42 Å². The van der Waals surface area contributed by atoms with Gasteiger partial charge in [0.25, 0.3) is 0 Å². The maximum atomic E-state index is 13.0. The van der Waals surface area contributed by atoms with Gasteiger partial charge in [0.15, 0.2) is 21.3 Å². The van der Waals surface area contributed by atoms with Gasteiger partial charge in [0.2, 0.25) is 6.79 Å². The van der Waals surface area contributed by atoms with Crippen LogP contribution in [0.25, 0.3) is 0 Å². The number of hydrogen-bond acceptors (Lipinski definition) is 6. The molecule has 6 nitrogen and oxygen atoms in total. The molecule has 2 aliphatic rings. The molecule has 1 heterocycles. The molecule has 2 aromatic carbocycles. The average molecular weight is 357 g/mol. The van der Waals surface area contributed by atoms with Gasteiger partial charge in [-0.3, -0.25) is 0 Å². The van der Waals surface area contributed by atoms with Gasteiger partial charge in [0.05, 0.1) is 22.8 Å². The zero-order valence-corrected chi connectivity index (χ0v) is 13.9. The molecule has 0 saturated heterocycles. The van der Waals surface area contributed by atoms with Gasteiger partial charge in [-0.1, -0.05) is 24.3 Å². The molecule has 0 unspecified atom stereocenters. The molecule has 1 fully saturated rings. The largest absolute Gasteiger partial charge is 0.454 e. The fourth-order valence-electron chi connectivity index (χ4n) is 3.55. The summed E-state index contributed by atoms with van der Waals surface area (Å²) in [6, 6.07) is 15.2. The maximum Gasteiger partial charge on any atom is 0.231 e. The SMILES string of the molecule is N#C[C@]1(CO)[C@H](c2ccc3c(c2)OCO3)[C@@H]1S(=O)(=O)c1ccccc1. The van der Waals surface area contributed by atoms with Crippen molar-refractivity contribution in [2.45, 2.75) is 16.1 Å². The first-order valence-corrected chi connectivity index (χ1v) is 9.30. The Balaban J connectivity index is 1.79. The molecule has 0 spiro atoms. The molecule has 0 amide bonds. The summed E-state index contributed by atoms with van der Waals surface area (Å²) in [6.45, 7) is -0.419. The molecule has 7 heteroatoms. The average Bonchev–Trinajstić information content (AvgIpc) is 3.12. The Morgan fingerprint density at radius 1 is 1.16 bits per heavy atom. The summed E-state index contributed by atoms with van der Waals surface area (Å²) in [4.78, 5) is 0.149. The van der Waals surface area contributed by atoms with Crippen molar-refractivity contribution in [1.82, 2.24) is 0 Å². The van der Waals surface area contributed by atoms with Gasteiger partial charge in [0, 0.05) is 5.92 Å². The van der Waals surface area contributed by atoms with Crippen LogP contribution in [-0.2, 0) is 9.84 Å². The maximum absolute atomic E-state index is 13.0. The third kappa shape index (κ3) is 2.22. The molecule has 2 aromatic rings. The van der Waals surface area contributed by atoms with Crippen LogP contribution >= 0.6 is 0 Å². The number of benzene rings is 2. The summed E-state index contributed by atoms with van der Waals surface area (Å²) in [6.07, 6.45) is 0. The van der Waals surface area contributed by atoms with Crippen molar-refractivity contribution in [1.29, 1.82) is 5.26 Å². The van der Waals surface area contributed by atoms with E-state index < -0.39 is 33.0 Å². The standard InChI is InChI=1S/C18H15NO5S/c19-9-18(10-20)16(12-6-7-14-15(8-12)24-11-23-14)17(18)25(21,22)13-4-2-1-3-5-13/h1-8,16-17,20H,10-11H2/t16-,17+,18+/m1/s1. The zero-order valence-electron chi connectivity index (χ0n) is 13.1. The fraction of sp³-hybridized carbons (Fsp3) is 0.278. The first kappa shape index (κ1) is 15.9. The number of fused-ring (bicyclic) bond motifs is 1. The van der Waals surface area contributed by atoms with Crippen LogP contribution in [0.2, 0.25) is 0 Å². The van der Waals surface area contributed by atoms with Gasteiger partial charge in [0.1, 0.15) is 5.41 Å². The number of nitrogens with zero attached hydrogens (tertiary/aromatic N) is 1. The quantitative estimate of drug-likeness (QED) is 0.897. The van der Waals surface area contributed by atoms with Gasteiger partial charge in [-0.15, -0.1) is 0 Å². The molecule has 1 aliphatic heterocycles. The van der Waals surface area contributed by atoms with E-state index >= 15 is 0 Å². The normalized spacial score (nSPS) is 26.9. The molecule has 1 aliphatic carbocycles. The van der Waals surface area contributed by atoms with E-state index in [4.69, 9.17) is 9.47 Å². The summed E-state index contributed by atoms with van der Waals surface area (Å²) < 4.78 is 36.7. The highest BCUT2D eigenvalue weighted by Crippen LogP contribution is 2.64. The van der Waals surface area contributed by atoms with Crippen LogP contribution in [0.1, 0.15) is 11.5 Å². The van der Waals surface area contributed by atoms with E-state index in [1.54, 1.807) is 36.4 Å². The van der Waals surface area contributed by atoms with Crippen molar-refractivity contribution in [2.24, 2.45) is 5.41 Å². The predicted octanol–water partition coefficient (Wildman–Crippen LogP) is 1.86. The molecular weight excluding hydrogens is 342 g/mol. The van der Waals surface area contributed by atoms with E-state index in [0.29, 0.717) is 17.1 Å². The van der Waals surface area contributed by atoms with Crippen LogP contribution in [0, 0.1) is 16.7 Å². The van der Waals surface area contributed by atoms with Gasteiger partial charge in [-0.2, -0.15) is 5.26 Å². The van der Waals surface area contributed by atoms with Crippen LogP contribution in [-0.4, -0.2) is 32.2 Å². The lowest BCUT2D eigenvalue weighted by atomic mass is 10.0. The van der Waals surface area contributed by atoms with Crippen LogP contribution in [0.15, 0.2) is 53.4 Å². The summed E-state index contributed by atoms with van der Waals surface area (Å²) in [5, 5.41) is 18.4. The molecule has 128 valence electrons. The number of aliphatic hydroxyl groups is 1. The van der Waals surface area contributed by atoms with Crippen molar-refractivity contribution in [3.63, 3.8) is 0 Å². The first-order valence-electron chi connectivity index (χ1n) is 7.75. The lowest BCUT2D eigenvalue weighted by Gasteiger charge is -2.05. The molecule has 1 saturated carbocycles. The monoisotopic (exact) mass is 357 g/mol. The highest BCUT2D eigenvalue weighted by molar-refractivity contribution is 7.92. The lowest BCUT2D eigenvalue weighted by molar-refractivity contribution is 0.174. The van der Waals surface area contributed by atoms with Crippen molar-refractivity contribution >= 4 is 9.84 Å². The number of rotatable bonds is 4. The van der Waals surface area contributed by atoms with Gasteiger partial charge < -0.3 is 14.6 Å². The molecule has 4 rings (SSSR count). The summed E-state index contributed by atoms with van der Waals surface area (Å²) in [5.74, 6) is 0.477. The van der Waals surface area contributed by atoms with E-state index in [1.807, 2.05) is 6.07 Å². The number of aliphatic hydroxyl groups excluding tert-OH is 1. The molecule has 25 heavy (non-hydrogen) atoms. The van der Waals surface area contributed by atoms with Gasteiger partial charge >= 0.3 is 0 Å². The molecule has 0 aromatic heterocycles. The van der Waals surface area contributed by atoms with Crippen LogP contribution < -0.4 is 9.47 Å². The van der Waals surface area contributed by atoms with E-state index in [9.17, 15) is 18.8 Å². The Labute approximate surface area is 145 Å². The van der Waals surface area contributed by atoms with Crippen LogP contribution in [0.3, 0.4) is 0 Å². The number of ether oxygens (including phenoxy) is 2. The third-order valence-electron chi connectivity index (χ3n) is 4.89. The Morgan fingerprint density at radius 3 is 2.56 bits per heavy atom. The Kier molecular flexibility index (Phi) is 3.49. The number of hydrogen-bond donors (Lipinski definition) is 1. The second-order valence-corrected chi connectivity index (χ2v) is 8.25. The van der Waals surface area contributed by atoms with E-state index in [0.717, 1.165) is 0 Å². The second-order valence-electron chi connectivity index (χ2n) is 6.18. The van der Waals surface area contributed by atoms with Crippen LogP contribution in [0.5, 0.6) is 11.5 Å². The molecule has 0 bridgehead atoms. The van der Waals surface area contributed by atoms with E-state index in [1.165, 1.54) is 12.1 Å². The van der Waals surface area contributed by atoms with Crippen molar-refractivity contribution < 1.29 is 23.0 Å². The second kappa shape index (κ2) is 5.48. The molecule has 1 N–H and O–H groups in total. The Bertz CT molecular complexity index is 967. The van der Waals surface area contributed by atoms with Gasteiger partial charge in [-0.05, 0) is 29.8 Å². The van der Waals surface area contributed by atoms with Crippen LogP contribution in [0.4, 0.5) is 0 Å². The molecule has 0 radical (unpaired) electrons. The zero-order chi connectivity index (χ0) is 17.7. The summed E-state index contributed by atoms with van der Waals surface area (Å²) >= 11 is 0. The lowest BCUT2D eigenvalue weighted by Crippen LogP contribution is -2.18. The molecule has 3 atom stereocenters. The van der Waals surface area contributed by atoms with Crippen molar-refractivity contribution in [2.75, 3.05) is 13.4 Å². The Morgan fingerprint density at radius 2 is 1.88 bits per heavy atom. The van der Waals surface area contributed by atoms with E-state index in [2.05, 4.69) is 0 Å². The minimum atomic E-state index is -3.76. The molecular formula is C18H15NO5S. The number of nitriles is 1. The smallest absolute Gasteiger partial charge is 0.231 e. The minimum absolute atomic E-state index is 0.110. The van der Waals surface area contributed by atoms with Crippen molar-refractivity contribution in [3.8, 4) is 17.6 Å².